The quantitative estimate of drug-likeness (QED) is 0.288. The molecule has 6 heteroatoms. The van der Waals surface area contributed by atoms with Crippen molar-refractivity contribution in [1.29, 1.82) is 0 Å². The Morgan fingerprint density at radius 1 is 1.26 bits per heavy atom. The number of fused-ring (bicyclic) bond motifs is 2. The number of aromatic nitrogens is 3. The number of hydrogen-bond acceptors (Lipinski definition) is 4. The Balaban J connectivity index is 1.40. The normalized spacial score (nSPS) is 15.4. The number of nitrogens with one attached hydrogen (secondary N) is 1. The number of para-hydroxylation sites is 1. The van der Waals surface area contributed by atoms with Crippen LogP contribution in [0.2, 0.25) is 0 Å². The molecule has 1 aliphatic rings. The Hall–Kier alpha value is -3.64. The van der Waals surface area contributed by atoms with Gasteiger partial charge in [0.25, 0.3) is 0 Å². The molecule has 0 aliphatic heterocycles. The van der Waals surface area contributed by atoms with E-state index < -0.39 is 0 Å². The van der Waals surface area contributed by atoms with Crippen molar-refractivity contribution in [3.05, 3.63) is 94.4 Å². The maximum Gasteiger partial charge on any atom is 0.330 e. The molecule has 0 fully saturated rings. The van der Waals surface area contributed by atoms with Crippen LogP contribution in [0.1, 0.15) is 46.0 Å². The number of nitrogens with zero attached hydrogens (tertiary/aromatic N) is 3. The van der Waals surface area contributed by atoms with Crippen molar-refractivity contribution in [3.8, 4) is 0 Å². The first-order chi connectivity index (χ1) is 17.0. The first-order valence-corrected chi connectivity index (χ1v) is 12.2. The van der Waals surface area contributed by atoms with Crippen molar-refractivity contribution in [2.75, 3.05) is 13.7 Å². The van der Waals surface area contributed by atoms with Gasteiger partial charge in [-0.25, -0.2) is 4.79 Å². The van der Waals surface area contributed by atoms with Gasteiger partial charge >= 0.3 is 5.97 Å². The van der Waals surface area contributed by atoms with E-state index in [-0.39, 0.29) is 5.97 Å². The molecule has 0 saturated carbocycles. The maximum atomic E-state index is 11.5. The summed E-state index contributed by atoms with van der Waals surface area (Å²) in [6, 6.07) is 15.5. The highest BCUT2D eigenvalue weighted by atomic mass is 16.5. The second-order valence-electron chi connectivity index (χ2n) is 9.39. The van der Waals surface area contributed by atoms with Gasteiger partial charge in [-0.1, -0.05) is 36.4 Å². The number of rotatable bonds is 8. The van der Waals surface area contributed by atoms with Gasteiger partial charge in [0.2, 0.25) is 0 Å². The Bertz CT molecular complexity index is 1380. The fourth-order valence-corrected chi connectivity index (χ4v) is 5.32. The van der Waals surface area contributed by atoms with Gasteiger partial charge in [-0.15, -0.1) is 0 Å². The van der Waals surface area contributed by atoms with Crippen LogP contribution in [0, 0.1) is 6.92 Å². The highest BCUT2D eigenvalue weighted by molar-refractivity contribution is 5.87. The molecule has 4 aromatic rings. The van der Waals surface area contributed by atoms with E-state index in [0.717, 1.165) is 43.6 Å². The van der Waals surface area contributed by atoms with Crippen molar-refractivity contribution in [3.63, 3.8) is 0 Å². The number of ether oxygens (including phenoxy) is 1. The van der Waals surface area contributed by atoms with E-state index in [1.165, 1.54) is 46.3 Å². The molecule has 0 amide bonds. The molecule has 1 aliphatic carbocycles. The fourth-order valence-electron chi connectivity index (χ4n) is 5.32. The minimum absolute atomic E-state index is 0.335. The third-order valence-electron chi connectivity index (χ3n) is 7.22. The molecule has 0 spiro atoms. The minimum atomic E-state index is -0.335. The lowest BCUT2D eigenvalue weighted by Crippen LogP contribution is -2.29. The third-order valence-corrected chi connectivity index (χ3v) is 7.22. The monoisotopic (exact) mass is 468 g/mol. The van der Waals surface area contributed by atoms with E-state index >= 15 is 0 Å². The summed E-state index contributed by atoms with van der Waals surface area (Å²) < 4.78 is 6.95. The molecular formula is C29H32N4O2. The molecule has 5 rings (SSSR count). The van der Waals surface area contributed by atoms with Crippen LogP contribution in [0.25, 0.3) is 17.0 Å². The van der Waals surface area contributed by atoms with Gasteiger partial charge < -0.3 is 9.30 Å². The van der Waals surface area contributed by atoms with E-state index in [1.54, 1.807) is 0 Å². The van der Waals surface area contributed by atoms with Crippen LogP contribution in [0.4, 0.5) is 0 Å². The molecule has 6 nitrogen and oxygen atoms in total. The van der Waals surface area contributed by atoms with Crippen LogP contribution in [0.5, 0.6) is 0 Å². The highest BCUT2D eigenvalue weighted by Crippen LogP contribution is 2.38. The van der Waals surface area contributed by atoms with Crippen LogP contribution in [0.3, 0.4) is 0 Å². The van der Waals surface area contributed by atoms with Gasteiger partial charge in [-0.3, -0.25) is 10.00 Å². The van der Waals surface area contributed by atoms with Crippen LogP contribution in [0.15, 0.2) is 60.9 Å². The third kappa shape index (κ3) is 4.80. The molecule has 1 atom stereocenters. The van der Waals surface area contributed by atoms with Gasteiger partial charge in [0, 0.05) is 60.6 Å². The predicted molar refractivity (Wildman–Crippen MR) is 139 cm³/mol. The van der Waals surface area contributed by atoms with Gasteiger partial charge in [0.15, 0.2) is 0 Å². The van der Waals surface area contributed by atoms with Crippen molar-refractivity contribution in [2.24, 2.45) is 7.05 Å². The summed E-state index contributed by atoms with van der Waals surface area (Å²) in [6.45, 7) is 3.92. The average Bonchev–Trinajstić information content (AvgIpc) is 3.57. The van der Waals surface area contributed by atoms with E-state index in [4.69, 9.17) is 4.74 Å². The molecule has 1 unspecified atom stereocenters. The number of aryl methyl sites for hydroxylation is 3. The summed E-state index contributed by atoms with van der Waals surface area (Å²) in [5.41, 5.74) is 8.82. The first kappa shape index (κ1) is 23.1. The molecular weight excluding hydrogens is 436 g/mol. The van der Waals surface area contributed by atoms with Crippen molar-refractivity contribution in [2.45, 2.75) is 38.8 Å². The number of H-pyrrole nitrogens is 1. The Labute approximate surface area is 206 Å². The van der Waals surface area contributed by atoms with Gasteiger partial charge in [-0.2, -0.15) is 5.10 Å². The lowest BCUT2D eigenvalue weighted by Gasteiger charge is -2.29. The number of methoxy groups -OCH3 is 1. The summed E-state index contributed by atoms with van der Waals surface area (Å²) in [4.78, 5) is 14.1. The predicted octanol–water partition coefficient (Wildman–Crippen LogP) is 5.13. The van der Waals surface area contributed by atoms with Crippen LogP contribution in [-0.2, 0) is 36.0 Å². The zero-order valence-electron chi connectivity index (χ0n) is 20.6. The number of benzene rings is 2. The molecule has 2 aromatic carbocycles. The standard InChI is InChI=1S/C29H32N4O2/c1-20-24(17-30-31-20)19-33(15-14-23-18-32(2)27-7-5-4-6-25(23)27)28-12-10-22-16-21(8-11-26(22)28)9-13-29(34)35-3/h4-9,11,13,16-18,28H,10,12,14-15,19H2,1-3H3,(H,30,31)/b13-9+. The molecule has 180 valence electrons. The van der Waals surface area contributed by atoms with Crippen LogP contribution >= 0.6 is 0 Å². The SMILES string of the molecule is COC(=O)/C=C/c1ccc2c(c1)CCC2N(CCc1cn(C)c2ccccc12)Cc1cn[nH]c1C. The highest BCUT2D eigenvalue weighted by Gasteiger charge is 2.28. The molecule has 35 heavy (non-hydrogen) atoms. The second kappa shape index (κ2) is 9.92. The largest absolute Gasteiger partial charge is 0.466 e. The molecule has 0 saturated heterocycles. The van der Waals surface area contributed by atoms with Crippen LogP contribution < -0.4 is 0 Å². The summed E-state index contributed by atoms with van der Waals surface area (Å²) in [5, 5.41) is 8.69. The van der Waals surface area contributed by atoms with E-state index in [0.29, 0.717) is 6.04 Å². The number of carbonyl (C=O) groups is 1. The Morgan fingerprint density at radius 2 is 2.11 bits per heavy atom. The van der Waals surface area contributed by atoms with E-state index in [2.05, 4.69) is 82.3 Å². The molecule has 0 radical (unpaired) electrons. The lowest BCUT2D eigenvalue weighted by molar-refractivity contribution is -0.134. The van der Waals surface area contributed by atoms with Crippen molar-refractivity contribution in [1.82, 2.24) is 19.7 Å². The summed E-state index contributed by atoms with van der Waals surface area (Å²) in [6.07, 6.45) is 10.6. The first-order valence-electron chi connectivity index (χ1n) is 12.2. The molecule has 2 heterocycles. The smallest absolute Gasteiger partial charge is 0.330 e. The number of carbonyl (C=O) groups excluding carboxylic acids is 1. The zero-order valence-corrected chi connectivity index (χ0v) is 20.6. The Kier molecular flexibility index (Phi) is 6.55. The Morgan fingerprint density at radius 3 is 2.91 bits per heavy atom. The van der Waals surface area contributed by atoms with Crippen molar-refractivity contribution < 1.29 is 9.53 Å². The van der Waals surface area contributed by atoms with Gasteiger partial charge in [-0.05, 0) is 60.6 Å². The van der Waals surface area contributed by atoms with E-state index in [1.807, 2.05) is 12.3 Å². The molecule has 1 N–H and O–H groups in total. The number of aromatic amines is 1. The van der Waals surface area contributed by atoms with Crippen LogP contribution in [-0.4, -0.2) is 39.3 Å². The maximum absolute atomic E-state index is 11.5. The number of hydrogen-bond donors (Lipinski definition) is 1. The van der Waals surface area contributed by atoms with E-state index in [9.17, 15) is 4.79 Å². The van der Waals surface area contributed by atoms with Gasteiger partial charge in [0.05, 0.1) is 13.3 Å². The second-order valence-corrected chi connectivity index (χ2v) is 9.39. The molecule has 2 aromatic heterocycles. The summed E-state index contributed by atoms with van der Waals surface area (Å²) in [7, 11) is 3.52. The summed E-state index contributed by atoms with van der Waals surface area (Å²) in [5.74, 6) is -0.335. The minimum Gasteiger partial charge on any atom is -0.466 e. The zero-order chi connectivity index (χ0) is 24.4. The fraction of sp³-hybridized carbons (Fsp3) is 0.310. The number of esters is 1. The lowest BCUT2D eigenvalue weighted by atomic mass is 10.0. The van der Waals surface area contributed by atoms with Gasteiger partial charge in [0.1, 0.15) is 0 Å². The molecule has 0 bridgehead atoms. The topological polar surface area (TPSA) is 63.1 Å². The summed E-state index contributed by atoms with van der Waals surface area (Å²) >= 11 is 0. The average molecular weight is 469 g/mol. The van der Waals surface area contributed by atoms with Crippen molar-refractivity contribution >= 4 is 22.9 Å².